The Kier molecular flexibility index (Phi) is 7.71. The molecule has 4 fully saturated rings. The van der Waals surface area contributed by atoms with Crippen LogP contribution in [-0.4, -0.2) is 90.8 Å². The predicted octanol–water partition coefficient (Wildman–Crippen LogP) is 2.51. The number of hydrogen-bond donors (Lipinski definition) is 1. The first-order chi connectivity index (χ1) is 17.5. The number of nitrogens with zero attached hydrogens (tertiary/aromatic N) is 3. The lowest BCUT2D eigenvalue weighted by atomic mass is 9.75. The minimum atomic E-state index is -3.52. The van der Waals surface area contributed by atoms with Crippen LogP contribution in [0.4, 0.5) is 5.69 Å². The number of rotatable bonds is 9. The van der Waals surface area contributed by atoms with Crippen molar-refractivity contribution in [3.05, 3.63) is 48.5 Å². The molecule has 4 saturated heterocycles. The normalized spacial score (nSPS) is 26.7. The van der Waals surface area contributed by atoms with Crippen LogP contribution in [0.2, 0.25) is 0 Å². The Labute approximate surface area is 215 Å². The number of hydrogen-bond acceptors (Lipinski definition) is 7. The van der Waals surface area contributed by atoms with Crippen molar-refractivity contribution in [2.45, 2.75) is 23.8 Å². The molecular formula is C27H38N4O4S. The lowest BCUT2D eigenvalue weighted by Gasteiger charge is -2.51. The summed E-state index contributed by atoms with van der Waals surface area (Å²) in [7, 11) is -0.216. The van der Waals surface area contributed by atoms with Gasteiger partial charge in [-0.3, -0.25) is 9.80 Å². The summed E-state index contributed by atoms with van der Waals surface area (Å²) in [6.45, 7) is 7.87. The highest BCUT2D eigenvalue weighted by molar-refractivity contribution is 7.89. The maximum Gasteiger partial charge on any atom is 0.240 e. The first-order valence-electron chi connectivity index (χ1n) is 12.9. The average molecular weight is 515 g/mol. The topological polar surface area (TPSA) is 74.4 Å². The van der Waals surface area contributed by atoms with Crippen molar-refractivity contribution in [3.8, 4) is 11.5 Å². The summed E-state index contributed by atoms with van der Waals surface area (Å²) in [6, 6.07) is 15.1. The van der Waals surface area contributed by atoms with Crippen LogP contribution in [0.3, 0.4) is 0 Å². The van der Waals surface area contributed by atoms with Crippen LogP contribution in [0.5, 0.6) is 11.5 Å². The second kappa shape index (κ2) is 11.0. The summed E-state index contributed by atoms with van der Waals surface area (Å²) >= 11 is 0. The fraction of sp³-hybridized carbons (Fsp3) is 0.556. The van der Waals surface area contributed by atoms with Gasteiger partial charge in [0.15, 0.2) is 0 Å². The van der Waals surface area contributed by atoms with Crippen LogP contribution in [0.25, 0.3) is 0 Å². The molecule has 2 bridgehead atoms. The van der Waals surface area contributed by atoms with E-state index in [4.69, 9.17) is 9.47 Å². The molecule has 1 N–H and O–H groups in total. The number of sulfonamides is 1. The van der Waals surface area contributed by atoms with Gasteiger partial charge in [-0.05, 0) is 67.6 Å². The van der Waals surface area contributed by atoms with Crippen LogP contribution in [-0.2, 0) is 10.0 Å². The Balaban J connectivity index is 1.11. The molecule has 36 heavy (non-hydrogen) atoms. The van der Waals surface area contributed by atoms with Crippen LogP contribution in [0, 0.1) is 11.8 Å². The largest absolute Gasteiger partial charge is 0.497 e. The van der Waals surface area contributed by atoms with Crippen molar-refractivity contribution >= 4 is 15.7 Å². The standard InChI is InChI=1S/C27H38N4O4S/c1-34-24-7-9-25(10-8-24)36(32,33)28-18-23-17-21-11-12-31(23)20-22(21)19-29-13-15-30(16-14-29)26-5-3-4-6-27(26)35-2/h3-10,21-23,28H,11-20H2,1-2H3/t21-,22+,23-/m1/s1. The van der Waals surface area contributed by atoms with Gasteiger partial charge in [-0.1, -0.05) is 12.1 Å². The SMILES string of the molecule is COc1ccc(S(=O)(=O)NC[C@H]2C[C@H]3CCN2C[C@@H]3CN2CCN(c3ccccc3OC)CC2)cc1. The van der Waals surface area contributed by atoms with Crippen molar-refractivity contribution in [1.82, 2.24) is 14.5 Å². The van der Waals surface area contributed by atoms with Gasteiger partial charge in [0.2, 0.25) is 10.0 Å². The molecule has 8 nitrogen and oxygen atoms in total. The molecule has 0 amide bonds. The molecule has 2 aromatic carbocycles. The molecule has 196 valence electrons. The van der Waals surface area contributed by atoms with Crippen LogP contribution < -0.4 is 19.1 Å². The summed E-state index contributed by atoms with van der Waals surface area (Å²) in [5.41, 5.74) is 1.18. The monoisotopic (exact) mass is 514 g/mol. The minimum absolute atomic E-state index is 0.274. The maximum atomic E-state index is 12.8. The Morgan fingerprint density at radius 2 is 1.69 bits per heavy atom. The van der Waals surface area contributed by atoms with Gasteiger partial charge in [-0.15, -0.1) is 0 Å². The molecule has 0 spiro atoms. The predicted molar refractivity (Wildman–Crippen MR) is 141 cm³/mol. The van der Waals surface area contributed by atoms with E-state index in [1.165, 1.54) is 12.1 Å². The van der Waals surface area contributed by atoms with E-state index in [1.807, 2.05) is 12.1 Å². The number of benzene rings is 2. The van der Waals surface area contributed by atoms with Gasteiger partial charge < -0.3 is 14.4 Å². The fourth-order valence-corrected chi connectivity index (χ4v) is 7.18. The highest BCUT2D eigenvalue weighted by atomic mass is 32.2. The summed E-state index contributed by atoms with van der Waals surface area (Å²) < 4.78 is 39.1. The first kappa shape index (κ1) is 25.3. The van der Waals surface area contributed by atoms with Gasteiger partial charge in [0.05, 0.1) is 24.8 Å². The zero-order chi connectivity index (χ0) is 25.1. The van der Waals surface area contributed by atoms with Crippen LogP contribution >= 0.6 is 0 Å². The third-order valence-electron chi connectivity index (χ3n) is 8.18. The number of anilines is 1. The van der Waals surface area contributed by atoms with E-state index in [2.05, 4.69) is 31.6 Å². The quantitative estimate of drug-likeness (QED) is 0.551. The molecule has 0 saturated carbocycles. The fourth-order valence-electron chi connectivity index (χ4n) is 6.11. The number of methoxy groups -OCH3 is 2. The molecular weight excluding hydrogens is 476 g/mol. The molecule has 4 atom stereocenters. The number of piperazine rings is 1. The summed E-state index contributed by atoms with van der Waals surface area (Å²) in [5, 5.41) is 0. The third kappa shape index (κ3) is 5.49. The number of piperidine rings is 3. The van der Waals surface area contributed by atoms with E-state index in [9.17, 15) is 8.42 Å². The van der Waals surface area contributed by atoms with Crippen molar-refractivity contribution in [1.29, 1.82) is 0 Å². The first-order valence-corrected chi connectivity index (χ1v) is 14.4. The Morgan fingerprint density at radius 1 is 0.944 bits per heavy atom. The average Bonchev–Trinajstić information content (AvgIpc) is 2.93. The molecule has 0 aliphatic carbocycles. The van der Waals surface area contributed by atoms with Crippen molar-refractivity contribution < 1.29 is 17.9 Å². The second-order valence-electron chi connectivity index (χ2n) is 10.2. The van der Waals surface area contributed by atoms with Gasteiger partial charge in [-0.2, -0.15) is 0 Å². The van der Waals surface area contributed by atoms with E-state index in [1.54, 1.807) is 38.5 Å². The summed E-state index contributed by atoms with van der Waals surface area (Å²) in [6.07, 6.45) is 2.28. The summed E-state index contributed by atoms with van der Waals surface area (Å²) in [5.74, 6) is 2.91. The molecule has 4 heterocycles. The molecule has 1 unspecified atom stereocenters. The highest BCUT2D eigenvalue weighted by Gasteiger charge is 2.41. The Hall–Kier alpha value is -2.33. The van der Waals surface area contributed by atoms with Gasteiger partial charge >= 0.3 is 0 Å². The Bertz CT molecular complexity index is 1120. The zero-order valence-electron chi connectivity index (χ0n) is 21.3. The van der Waals surface area contributed by atoms with Crippen LogP contribution in [0.1, 0.15) is 12.8 Å². The zero-order valence-corrected chi connectivity index (χ0v) is 22.1. The van der Waals surface area contributed by atoms with E-state index in [0.717, 1.165) is 58.0 Å². The van der Waals surface area contributed by atoms with Gasteiger partial charge in [0.25, 0.3) is 0 Å². The van der Waals surface area contributed by atoms with Gasteiger partial charge in [0, 0.05) is 51.9 Å². The van der Waals surface area contributed by atoms with Crippen molar-refractivity contribution in [2.24, 2.45) is 11.8 Å². The number of nitrogens with one attached hydrogen (secondary N) is 1. The summed E-state index contributed by atoms with van der Waals surface area (Å²) in [4.78, 5) is 7.83. The van der Waals surface area contributed by atoms with Crippen molar-refractivity contribution in [3.63, 3.8) is 0 Å². The lowest BCUT2D eigenvalue weighted by Crippen LogP contribution is -2.59. The molecule has 4 aliphatic rings. The number of para-hydroxylation sites is 2. The van der Waals surface area contributed by atoms with Crippen molar-refractivity contribution in [2.75, 3.05) is 71.5 Å². The van der Waals surface area contributed by atoms with E-state index >= 15 is 0 Å². The molecule has 2 aromatic rings. The minimum Gasteiger partial charge on any atom is -0.497 e. The van der Waals surface area contributed by atoms with E-state index < -0.39 is 10.0 Å². The van der Waals surface area contributed by atoms with Gasteiger partial charge in [0.1, 0.15) is 11.5 Å². The van der Waals surface area contributed by atoms with E-state index in [-0.39, 0.29) is 10.9 Å². The van der Waals surface area contributed by atoms with Gasteiger partial charge in [-0.25, -0.2) is 13.1 Å². The third-order valence-corrected chi connectivity index (χ3v) is 9.62. The molecule has 4 aliphatic heterocycles. The highest BCUT2D eigenvalue weighted by Crippen LogP contribution is 2.37. The maximum absolute atomic E-state index is 12.8. The molecule has 0 radical (unpaired) electrons. The smallest absolute Gasteiger partial charge is 0.240 e. The molecule has 6 rings (SSSR count). The number of fused-ring (bicyclic) bond motifs is 3. The molecule has 0 aromatic heterocycles. The van der Waals surface area contributed by atoms with E-state index in [0.29, 0.717) is 24.1 Å². The lowest BCUT2D eigenvalue weighted by molar-refractivity contribution is -0.0107. The number of ether oxygens (including phenoxy) is 2. The van der Waals surface area contributed by atoms with Crippen LogP contribution in [0.15, 0.2) is 53.4 Å². The molecule has 9 heteroatoms. The Morgan fingerprint density at radius 3 is 2.36 bits per heavy atom. The second-order valence-corrected chi connectivity index (χ2v) is 11.9.